The summed E-state index contributed by atoms with van der Waals surface area (Å²) in [5.74, 6) is 0.0802. The molecular weight excluding hydrogens is 338 g/mol. The zero-order valence-electron chi connectivity index (χ0n) is 17.2. The molecule has 0 bridgehead atoms. The van der Waals surface area contributed by atoms with Crippen LogP contribution in [0.3, 0.4) is 0 Å². The monoisotopic (exact) mass is 369 g/mol. The van der Waals surface area contributed by atoms with Gasteiger partial charge in [-0.15, -0.1) is 0 Å². The largest absolute Gasteiger partial charge is 0.358 e. The first-order valence-electron chi connectivity index (χ1n) is 10.2. The van der Waals surface area contributed by atoms with E-state index in [1.165, 1.54) is 0 Å². The van der Waals surface area contributed by atoms with Gasteiger partial charge in [0.25, 0.3) is 5.91 Å². The van der Waals surface area contributed by atoms with E-state index in [0.717, 1.165) is 30.5 Å². The Kier molecular flexibility index (Phi) is 4.08. The highest BCUT2D eigenvalue weighted by molar-refractivity contribution is 6.06. The van der Waals surface area contributed by atoms with Crippen molar-refractivity contribution in [3.63, 3.8) is 0 Å². The Labute approximate surface area is 162 Å². The summed E-state index contributed by atoms with van der Waals surface area (Å²) in [6.45, 7) is 11.1. The fraction of sp³-hybridized carbons (Fsp3) is 0.652. The Hall–Kier alpha value is -1.68. The summed E-state index contributed by atoms with van der Waals surface area (Å²) in [7, 11) is 0. The number of carbonyl (C=O) groups is 2. The lowest BCUT2D eigenvalue weighted by Gasteiger charge is -2.59. The Morgan fingerprint density at radius 1 is 1.15 bits per heavy atom. The van der Waals surface area contributed by atoms with Gasteiger partial charge in [0, 0.05) is 18.7 Å². The first kappa shape index (κ1) is 18.7. The summed E-state index contributed by atoms with van der Waals surface area (Å²) in [6.07, 6.45) is 3.09. The molecule has 2 saturated heterocycles. The van der Waals surface area contributed by atoms with Crippen molar-refractivity contribution in [1.82, 2.24) is 0 Å². The molecule has 0 aromatic heterocycles. The summed E-state index contributed by atoms with van der Waals surface area (Å²) in [6, 6.07) is 8.17. The molecular formula is C23H31NO3. The van der Waals surface area contributed by atoms with Gasteiger partial charge in [-0.3, -0.25) is 9.59 Å². The van der Waals surface area contributed by atoms with Crippen molar-refractivity contribution in [2.24, 2.45) is 11.8 Å². The molecule has 1 saturated carbocycles. The molecule has 4 nitrogen and oxygen atoms in total. The molecule has 27 heavy (non-hydrogen) atoms. The molecule has 0 N–H and O–H groups in total. The van der Waals surface area contributed by atoms with Crippen molar-refractivity contribution in [3.05, 3.63) is 29.8 Å². The predicted octanol–water partition coefficient (Wildman–Crippen LogP) is 4.25. The summed E-state index contributed by atoms with van der Waals surface area (Å²) in [4.78, 5) is 28.6. The molecule has 4 heteroatoms. The highest BCUT2D eigenvalue weighted by atomic mass is 16.5. The van der Waals surface area contributed by atoms with Crippen molar-refractivity contribution in [2.75, 3.05) is 11.4 Å². The number of hydrogen-bond donors (Lipinski definition) is 0. The smallest absolute Gasteiger partial charge is 0.260 e. The SMILES string of the molecule is CC1(C)CC(=O)[C@@H]2C[C@H]3CCCN(c4ccccc4C(C)(C)C)C(=O)[C@]32O1. The van der Waals surface area contributed by atoms with Crippen LogP contribution in [0.25, 0.3) is 0 Å². The van der Waals surface area contributed by atoms with Crippen LogP contribution in [-0.4, -0.2) is 29.4 Å². The van der Waals surface area contributed by atoms with Crippen LogP contribution in [-0.2, 0) is 19.7 Å². The number of ketones is 1. The van der Waals surface area contributed by atoms with Crippen LogP contribution in [0.1, 0.15) is 65.9 Å². The number of carbonyl (C=O) groups excluding carboxylic acids is 2. The second-order valence-electron chi connectivity index (χ2n) is 10.1. The minimum absolute atomic E-state index is 0.000856. The molecule has 146 valence electrons. The lowest BCUT2D eigenvalue weighted by Crippen LogP contribution is -2.72. The molecule has 3 atom stereocenters. The van der Waals surface area contributed by atoms with Crippen LogP contribution >= 0.6 is 0 Å². The third-order valence-electron chi connectivity index (χ3n) is 6.59. The molecule has 1 aliphatic carbocycles. The van der Waals surface area contributed by atoms with Crippen molar-refractivity contribution < 1.29 is 14.3 Å². The number of nitrogens with zero attached hydrogens (tertiary/aromatic N) is 1. The normalized spacial score (nSPS) is 33.0. The van der Waals surface area contributed by atoms with Crippen LogP contribution in [0.5, 0.6) is 0 Å². The highest BCUT2D eigenvalue weighted by Gasteiger charge is 2.69. The van der Waals surface area contributed by atoms with Crippen molar-refractivity contribution in [2.45, 2.75) is 76.9 Å². The molecule has 3 aliphatic rings. The summed E-state index contributed by atoms with van der Waals surface area (Å²) in [5, 5.41) is 0. The number of rotatable bonds is 1. The number of amides is 1. The average Bonchev–Trinajstić information content (AvgIpc) is 2.63. The Bertz CT molecular complexity index is 791. The van der Waals surface area contributed by atoms with Crippen LogP contribution in [0.2, 0.25) is 0 Å². The van der Waals surface area contributed by atoms with Crippen LogP contribution in [0.15, 0.2) is 24.3 Å². The Balaban J connectivity index is 1.80. The Morgan fingerprint density at radius 2 is 1.85 bits per heavy atom. The lowest BCUT2D eigenvalue weighted by atomic mass is 9.55. The third-order valence-corrected chi connectivity index (χ3v) is 6.59. The average molecular weight is 370 g/mol. The van der Waals surface area contributed by atoms with Gasteiger partial charge in [0.05, 0.1) is 11.5 Å². The first-order valence-corrected chi connectivity index (χ1v) is 10.2. The van der Waals surface area contributed by atoms with E-state index < -0.39 is 11.2 Å². The van der Waals surface area contributed by atoms with E-state index in [4.69, 9.17) is 4.74 Å². The number of benzene rings is 1. The summed E-state index contributed by atoms with van der Waals surface area (Å²) < 4.78 is 6.49. The molecule has 1 aromatic rings. The molecule has 4 rings (SSSR count). The molecule has 2 aliphatic heterocycles. The van der Waals surface area contributed by atoms with Crippen LogP contribution < -0.4 is 4.90 Å². The third kappa shape index (κ3) is 2.75. The van der Waals surface area contributed by atoms with Gasteiger partial charge in [-0.05, 0) is 56.1 Å². The van der Waals surface area contributed by atoms with Gasteiger partial charge < -0.3 is 9.64 Å². The second-order valence-corrected chi connectivity index (χ2v) is 10.1. The molecule has 0 unspecified atom stereocenters. The van der Waals surface area contributed by atoms with Gasteiger partial charge in [0.1, 0.15) is 5.78 Å². The van der Waals surface area contributed by atoms with Crippen molar-refractivity contribution in [3.8, 4) is 0 Å². The summed E-state index contributed by atoms with van der Waals surface area (Å²) in [5.41, 5.74) is 0.518. The molecule has 1 spiro atoms. The van der Waals surface area contributed by atoms with Gasteiger partial charge in [-0.25, -0.2) is 0 Å². The van der Waals surface area contributed by atoms with E-state index in [1.807, 2.05) is 36.9 Å². The number of Topliss-reactive ketones (excluding diaryl/α,β-unsaturated/α-hetero) is 1. The standard InChI is InChI=1S/C23H31NO3/c1-21(2,3)16-10-6-7-11-18(16)24-12-8-9-15-13-17-19(25)14-22(4,5)27-23(15,17)20(24)26/h6-7,10-11,15,17H,8-9,12-14H2,1-5H3/t15-,17+,23+/m1/s1. The Morgan fingerprint density at radius 3 is 2.56 bits per heavy atom. The van der Waals surface area contributed by atoms with E-state index in [9.17, 15) is 9.59 Å². The maximum absolute atomic E-state index is 13.9. The maximum Gasteiger partial charge on any atom is 0.260 e. The van der Waals surface area contributed by atoms with E-state index in [1.54, 1.807) is 0 Å². The van der Waals surface area contributed by atoms with Gasteiger partial charge in [0.2, 0.25) is 0 Å². The maximum atomic E-state index is 13.9. The minimum Gasteiger partial charge on any atom is -0.358 e. The first-order chi connectivity index (χ1) is 12.6. The highest BCUT2D eigenvalue weighted by Crippen LogP contribution is 2.57. The zero-order chi connectivity index (χ0) is 19.6. The van der Waals surface area contributed by atoms with Gasteiger partial charge >= 0.3 is 0 Å². The van der Waals surface area contributed by atoms with Gasteiger partial charge in [-0.1, -0.05) is 39.0 Å². The molecule has 2 heterocycles. The minimum atomic E-state index is -0.958. The van der Waals surface area contributed by atoms with Gasteiger partial charge in [-0.2, -0.15) is 0 Å². The van der Waals surface area contributed by atoms with E-state index >= 15 is 0 Å². The van der Waals surface area contributed by atoms with Crippen molar-refractivity contribution >= 4 is 17.4 Å². The van der Waals surface area contributed by atoms with Crippen molar-refractivity contribution in [1.29, 1.82) is 0 Å². The molecule has 3 fully saturated rings. The quantitative estimate of drug-likeness (QED) is 0.743. The fourth-order valence-corrected chi connectivity index (χ4v) is 5.40. The van der Waals surface area contributed by atoms with Crippen LogP contribution in [0, 0.1) is 11.8 Å². The lowest BCUT2D eigenvalue weighted by molar-refractivity contribution is -0.251. The molecule has 1 amide bonds. The molecule has 0 radical (unpaired) electrons. The van der Waals surface area contributed by atoms with E-state index in [0.29, 0.717) is 13.0 Å². The van der Waals surface area contributed by atoms with Crippen LogP contribution in [0.4, 0.5) is 5.69 Å². The van der Waals surface area contributed by atoms with Gasteiger partial charge in [0.15, 0.2) is 5.60 Å². The van der Waals surface area contributed by atoms with E-state index in [2.05, 4.69) is 26.8 Å². The molecule has 1 aromatic carbocycles. The fourth-order valence-electron chi connectivity index (χ4n) is 5.40. The van der Waals surface area contributed by atoms with E-state index in [-0.39, 0.29) is 28.9 Å². The summed E-state index contributed by atoms with van der Waals surface area (Å²) >= 11 is 0. The number of para-hydroxylation sites is 1. The predicted molar refractivity (Wildman–Crippen MR) is 106 cm³/mol. The number of hydrogen-bond acceptors (Lipinski definition) is 3. The number of anilines is 1. The topological polar surface area (TPSA) is 46.6 Å². The zero-order valence-corrected chi connectivity index (χ0v) is 17.2. The number of ether oxygens (including phenoxy) is 1. The second kappa shape index (κ2) is 5.91.